The van der Waals surface area contributed by atoms with E-state index in [2.05, 4.69) is 29.4 Å². The Morgan fingerprint density at radius 1 is 1.00 bits per heavy atom. The second kappa shape index (κ2) is 6.71. The Kier molecular flexibility index (Phi) is 4.48. The van der Waals surface area contributed by atoms with Crippen molar-refractivity contribution in [3.63, 3.8) is 0 Å². The highest BCUT2D eigenvalue weighted by molar-refractivity contribution is 5.37. The van der Waals surface area contributed by atoms with Crippen LogP contribution in [0.4, 0.5) is 4.39 Å². The molecule has 0 bridgehead atoms. The minimum absolute atomic E-state index is 0.177. The quantitative estimate of drug-likeness (QED) is 0.788. The van der Waals surface area contributed by atoms with Gasteiger partial charge in [-0.3, -0.25) is 0 Å². The maximum absolute atomic E-state index is 13.1. The smallest absolute Gasteiger partial charge is 0.123 e. The van der Waals surface area contributed by atoms with Crippen molar-refractivity contribution >= 4 is 0 Å². The van der Waals surface area contributed by atoms with Crippen molar-refractivity contribution in [1.29, 1.82) is 0 Å². The van der Waals surface area contributed by atoms with Crippen LogP contribution in [0.2, 0.25) is 0 Å². The second-order valence-corrected chi connectivity index (χ2v) is 5.38. The predicted octanol–water partition coefficient (Wildman–Crippen LogP) is 3.05. The molecule has 2 aromatic carbocycles. The molecule has 1 heterocycles. The highest BCUT2D eigenvalue weighted by Gasteiger charge is 2.14. The molecule has 0 fully saturated rings. The third-order valence-corrected chi connectivity index (χ3v) is 3.87. The molecule has 0 aliphatic rings. The van der Waals surface area contributed by atoms with Gasteiger partial charge in [-0.05, 0) is 41.8 Å². The molecule has 118 valence electrons. The van der Waals surface area contributed by atoms with Crippen molar-refractivity contribution in [2.24, 2.45) is 0 Å². The average Bonchev–Trinajstić information content (AvgIpc) is 2.99. The summed E-state index contributed by atoms with van der Waals surface area (Å²) in [6.07, 6.45) is 1.50. The first-order chi connectivity index (χ1) is 11.2. The number of rotatable bonds is 5. The third-order valence-electron chi connectivity index (χ3n) is 3.87. The molecule has 3 aromatic rings. The van der Waals surface area contributed by atoms with E-state index in [0.717, 1.165) is 23.4 Å². The molecule has 1 N–H and O–H groups in total. The predicted molar refractivity (Wildman–Crippen MR) is 85.9 cm³/mol. The maximum Gasteiger partial charge on any atom is 0.123 e. The molecular formula is C18H18FN3O. The zero-order valence-electron chi connectivity index (χ0n) is 12.9. The van der Waals surface area contributed by atoms with E-state index >= 15 is 0 Å². The lowest BCUT2D eigenvalue weighted by Gasteiger charge is -2.08. The fourth-order valence-electron chi connectivity index (χ4n) is 2.51. The van der Waals surface area contributed by atoms with Crippen molar-refractivity contribution in [1.82, 2.24) is 15.0 Å². The zero-order valence-corrected chi connectivity index (χ0v) is 12.9. The molecule has 0 spiro atoms. The molecule has 0 amide bonds. The number of hydrogen-bond acceptors (Lipinski definition) is 3. The van der Waals surface area contributed by atoms with Gasteiger partial charge in [0.25, 0.3) is 0 Å². The molecule has 0 atom stereocenters. The summed E-state index contributed by atoms with van der Waals surface area (Å²) >= 11 is 0. The number of aliphatic hydroxyl groups is 1. The Balaban J connectivity index is 1.97. The molecule has 0 saturated carbocycles. The van der Waals surface area contributed by atoms with Crippen LogP contribution in [-0.2, 0) is 19.4 Å². The Labute approximate surface area is 134 Å². The number of aromatic nitrogens is 3. The van der Waals surface area contributed by atoms with Gasteiger partial charge in [0, 0.05) is 6.42 Å². The molecule has 3 rings (SSSR count). The first kappa shape index (κ1) is 15.4. The van der Waals surface area contributed by atoms with Crippen LogP contribution in [0.25, 0.3) is 5.69 Å². The first-order valence-corrected chi connectivity index (χ1v) is 7.59. The standard InChI is InChI=1S/C18H18FN3O/c1-2-13-5-9-16(10-6-13)22-18(17(12-23)20-21-22)11-14-3-7-15(19)8-4-14/h3-10,23H,2,11-12H2,1H3. The fraction of sp³-hybridized carbons (Fsp3) is 0.222. The van der Waals surface area contributed by atoms with Crippen LogP contribution < -0.4 is 0 Å². The second-order valence-electron chi connectivity index (χ2n) is 5.38. The summed E-state index contributed by atoms with van der Waals surface area (Å²) in [6, 6.07) is 14.4. The summed E-state index contributed by atoms with van der Waals surface area (Å²) in [6.45, 7) is 1.93. The van der Waals surface area contributed by atoms with E-state index in [1.165, 1.54) is 17.7 Å². The van der Waals surface area contributed by atoms with E-state index in [-0.39, 0.29) is 12.4 Å². The molecule has 0 saturated heterocycles. The average molecular weight is 311 g/mol. The Morgan fingerprint density at radius 2 is 1.65 bits per heavy atom. The van der Waals surface area contributed by atoms with E-state index < -0.39 is 0 Å². The van der Waals surface area contributed by atoms with Gasteiger partial charge in [0.15, 0.2) is 0 Å². The van der Waals surface area contributed by atoms with E-state index in [0.29, 0.717) is 12.1 Å². The van der Waals surface area contributed by atoms with Crippen LogP contribution in [0, 0.1) is 5.82 Å². The molecule has 0 radical (unpaired) electrons. The fourth-order valence-corrected chi connectivity index (χ4v) is 2.51. The van der Waals surface area contributed by atoms with E-state index in [9.17, 15) is 9.50 Å². The summed E-state index contributed by atoms with van der Waals surface area (Å²) in [5.74, 6) is -0.266. The number of hydrogen-bond donors (Lipinski definition) is 1. The van der Waals surface area contributed by atoms with Gasteiger partial charge in [0.1, 0.15) is 11.5 Å². The molecule has 0 aliphatic carbocycles. The van der Waals surface area contributed by atoms with Gasteiger partial charge < -0.3 is 5.11 Å². The number of halogens is 1. The van der Waals surface area contributed by atoms with Crippen molar-refractivity contribution in [2.45, 2.75) is 26.4 Å². The van der Waals surface area contributed by atoms with Crippen LogP contribution in [-0.4, -0.2) is 20.1 Å². The minimum Gasteiger partial charge on any atom is -0.390 e. The van der Waals surface area contributed by atoms with Crippen LogP contribution in [0.3, 0.4) is 0 Å². The lowest BCUT2D eigenvalue weighted by atomic mass is 10.1. The molecule has 4 nitrogen and oxygen atoms in total. The highest BCUT2D eigenvalue weighted by Crippen LogP contribution is 2.18. The van der Waals surface area contributed by atoms with Gasteiger partial charge >= 0.3 is 0 Å². The lowest BCUT2D eigenvalue weighted by molar-refractivity contribution is 0.275. The minimum atomic E-state index is -0.266. The van der Waals surface area contributed by atoms with Crippen molar-refractivity contribution in [3.8, 4) is 5.69 Å². The maximum atomic E-state index is 13.1. The summed E-state index contributed by atoms with van der Waals surface area (Å²) in [7, 11) is 0. The number of aliphatic hydroxyl groups excluding tert-OH is 1. The molecule has 0 unspecified atom stereocenters. The van der Waals surface area contributed by atoms with Gasteiger partial charge in [0.2, 0.25) is 0 Å². The monoisotopic (exact) mass is 311 g/mol. The Bertz CT molecular complexity index is 779. The van der Waals surface area contributed by atoms with Crippen molar-refractivity contribution < 1.29 is 9.50 Å². The van der Waals surface area contributed by atoms with E-state index in [1.807, 2.05) is 12.1 Å². The van der Waals surface area contributed by atoms with E-state index in [4.69, 9.17) is 0 Å². The van der Waals surface area contributed by atoms with Crippen LogP contribution in [0.5, 0.6) is 0 Å². The molecular weight excluding hydrogens is 293 g/mol. The molecule has 5 heteroatoms. The zero-order chi connectivity index (χ0) is 16.2. The summed E-state index contributed by atoms with van der Waals surface area (Å²) in [4.78, 5) is 0. The van der Waals surface area contributed by atoms with Crippen molar-refractivity contribution in [2.75, 3.05) is 0 Å². The van der Waals surface area contributed by atoms with Gasteiger partial charge in [-0.15, -0.1) is 5.10 Å². The van der Waals surface area contributed by atoms with E-state index in [1.54, 1.807) is 16.8 Å². The van der Waals surface area contributed by atoms with Gasteiger partial charge in [0.05, 0.1) is 18.0 Å². The summed E-state index contributed by atoms with van der Waals surface area (Å²) in [5.41, 5.74) is 4.43. The SMILES string of the molecule is CCc1ccc(-n2nnc(CO)c2Cc2ccc(F)cc2)cc1. The normalized spacial score (nSPS) is 10.9. The number of nitrogens with zero attached hydrogens (tertiary/aromatic N) is 3. The Hall–Kier alpha value is -2.53. The number of aryl methyl sites for hydroxylation is 1. The van der Waals surface area contributed by atoms with Gasteiger partial charge in [-0.2, -0.15) is 0 Å². The lowest BCUT2D eigenvalue weighted by Crippen LogP contribution is -2.05. The summed E-state index contributed by atoms with van der Waals surface area (Å²) < 4.78 is 14.8. The topological polar surface area (TPSA) is 50.9 Å². The Morgan fingerprint density at radius 3 is 2.26 bits per heavy atom. The van der Waals surface area contributed by atoms with Crippen LogP contribution in [0.15, 0.2) is 48.5 Å². The molecule has 0 aliphatic heterocycles. The number of benzene rings is 2. The summed E-state index contributed by atoms with van der Waals surface area (Å²) in [5, 5.41) is 17.7. The highest BCUT2D eigenvalue weighted by atomic mass is 19.1. The first-order valence-electron chi connectivity index (χ1n) is 7.59. The van der Waals surface area contributed by atoms with Gasteiger partial charge in [-0.25, -0.2) is 9.07 Å². The molecule has 23 heavy (non-hydrogen) atoms. The molecule has 1 aromatic heterocycles. The largest absolute Gasteiger partial charge is 0.390 e. The third kappa shape index (κ3) is 3.29. The van der Waals surface area contributed by atoms with Crippen LogP contribution in [0.1, 0.15) is 29.4 Å². The van der Waals surface area contributed by atoms with Crippen LogP contribution >= 0.6 is 0 Å². The van der Waals surface area contributed by atoms with Crippen molar-refractivity contribution in [3.05, 3.63) is 76.9 Å². The van der Waals surface area contributed by atoms with Gasteiger partial charge in [-0.1, -0.05) is 36.4 Å².